The molecule has 0 aliphatic carbocycles. The Balaban J connectivity index is 1.73. The summed E-state index contributed by atoms with van der Waals surface area (Å²) in [5.41, 5.74) is 2.02. The van der Waals surface area contributed by atoms with Crippen LogP contribution in [0.1, 0.15) is 35.0 Å². The Kier molecular flexibility index (Phi) is 3.74. The van der Waals surface area contributed by atoms with Gasteiger partial charge in [0.1, 0.15) is 6.04 Å². The Morgan fingerprint density at radius 3 is 2.68 bits per heavy atom. The summed E-state index contributed by atoms with van der Waals surface area (Å²) in [6.07, 6.45) is 1.45. The predicted octanol–water partition coefficient (Wildman–Crippen LogP) is 3.13. The maximum absolute atomic E-state index is 11.9. The SMILES string of the molecule is Cc1ccc(-c2noc(C(C)NC(=O)c3ccco3)n2)cc1. The van der Waals surface area contributed by atoms with Crippen molar-refractivity contribution in [1.82, 2.24) is 15.5 Å². The minimum absolute atomic E-state index is 0.241. The van der Waals surface area contributed by atoms with E-state index in [4.69, 9.17) is 8.94 Å². The summed E-state index contributed by atoms with van der Waals surface area (Å²) in [6, 6.07) is 10.6. The molecule has 0 radical (unpaired) electrons. The lowest BCUT2D eigenvalue weighted by atomic mass is 10.1. The van der Waals surface area contributed by atoms with Gasteiger partial charge in [0.25, 0.3) is 5.91 Å². The molecule has 1 atom stereocenters. The number of hydrogen-bond acceptors (Lipinski definition) is 5. The summed E-state index contributed by atoms with van der Waals surface area (Å²) >= 11 is 0. The molecule has 1 N–H and O–H groups in total. The van der Waals surface area contributed by atoms with Gasteiger partial charge in [-0.15, -0.1) is 0 Å². The van der Waals surface area contributed by atoms with Crippen LogP contribution in [-0.4, -0.2) is 16.0 Å². The topological polar surface area (TPSA) is 81.2 Å². The first-order valence-corrected chi connectivity index (χ1v) is 6.88. The van der Waals surface area contributed by atoms with Gasteiger partial charge < -0.3 is 14.3 Å². The largest absolute Gasteiger partial charge is 0.459 e. The first-order valence-electron chi connectivity index (χ1n) is 6.88. The van der Waals surface area contributed by atoms with Gasteiger partial charge in [-0.25, -0.2) is 0 Å². The van der Waals surface area contributed by atoms with Crippen molar-refractivity contribution in [1.29, 1.82) is 0 Å². The molecule has 1 amide bonds. The average molecular weight is 297 g/mol. The number of carbonyl (C=O) groups is 1. The highest BCUT2D eigenvalue weighted by atomic mass is 16.5. The Labute approximate surface area is 127 Å². The molecule has 3 aromatic rings. The van der Waals surface area contributed by atoms with E-state index in [1.165, 1.54) is 6.26 Å². The Morgan fingerprint density at radius 1 is 1.23 bits per heavy atom. The molecule has 0 aliphatic rings. The molecule has 6 nitrogen and oxygen atoms in total. The van der Waals surface area contributed by atoms with Crippen molar-refractivity contribution in [2.45, 2.75) is 19.9 Å². The van der Waals surface area contributed by atoms with Crippen LogP contribution in [0.15, 0.2) is 51.6 Å². The fourth-order valence-corrected chi connectivity index (χ4v) is 1.97. The van der Waals surface area contributed by atoms with Crippen molar-refractivity contribution in [3.05, 3.63) is 59.9 Å². The third kappa shape index (κ3) is 2.90. The second kappa shape index (κ2) is 5.85. The van der Waals surface area contributed by atoms with Crippen LogP contribution in [-0.2, 0) is 0 Å². The van der Waals surface area contributed by atoms with Crippen molar-refractivity contribution >= 4 is 5.91 Å². The van der Waals surface area contributed by atoms with Crippen LogP contribution in [0.5, 0.6) is 0 Å². The summed E-state index contributed by atoms with van der Waals surface area (Å²) in [5.74, 6) is 0.752. The van der Waals surface area contributed by atoms with E-state index in [1.807, 2.05) is 31.2 Å². The van der Waals surface area contributed by atoms with Crippen LogP contribution < -0.4 is 5.32 Å². The number of aromatic nitrogens is 2. The molecular formula is C16H15N3O3. The van der Waals surface area contributed by atoms with Crippen molar-refractivity contribution in [2.24, 2.45) is 0 Å². The van der Waals surface area contributed by atoms with E-state index in [9.17, 15) is 4.79 Å². The Hall–Kier alpha value is -2.89. The molecule has 1 aromatic carbocycles. The molecule has 2 aromatic heterocycles. The van der Waals surface area contributed by atoms with Gasteiger partial charge in [0.15, 0.2) is 5.76 Å². The van der Waals surface area contributed by atoms with Gasteiger partial charge in [-0.2, -0.15) is 4.98 Å². The summed E-state index contributed by atoms with van der Waals surface area (Å²) < 4.78 is 10.3. The number of rotatable bonds is 4. The van der Waals surface area contributed by atoms with Gasteiger partial charge in [0.05, 0.1) is 6.26 Å². The standard InChI is InChI=1S/C16H15N3O3/c1-10-5-7-12(8-6-10)14-18-16(22-19-14)11(2)17-15(20)13-4-3-9-21-13/h3-9,11H,1-2H3,(H,17,20). The van der Waals surface area contributed by atoms with E-state index in [0.717, 1.165) is 11.1 Å². The molecular weight excluding hydrogens is 282 g/mol. The lowest BCUT2D eigenvalue weighted by Gasteiger charge is -2.07. The maximum atomic E-state index is 11.9. The summed E-state index contributed by atoms with van der Waals surface area (Å²) in [6.45, 7) is 3.78. The second-order valence-corrected chi connectivity index (χ2v) is 4.99. The molecule has 0 spiro atoms. The zero-order chi connectivity index (χ0) is 15.5. The van der Waals surface area contributed by atoms with E-state index >= 15 is 0 Å². The maximum Gasteiger partial charge on any atom is 0.287 e. The highest BCUT2D eigenvalue weighted by molar-refractivity contribution is 5.91. The predicted molar refractivity (Wildman–Crippen MR) is 79.1 cm³/mol. The third-order valence-corrected chi connectivity index (χ3v) is 3.21. The number of hydrogen-bond donors (Lipinski definition) is 1. The number of aryl methyl sites for hydroxylation is 1. The number of nitrogens with zero attached hydrogens (tertiary/aromatic N) is 2. The number of amides is 1. The summed E-state index contributed by atoms with van der Waals surface area (Å²) in [4.78, 5) is 16.2. The number of nitrogens with one attached hydrogen (secondary N) is 1. The average Bonchev–Trinajstić information content (AvgIpc) is 3.20. The lowest BCUT2D eigenvalue weighted by molar-refractivity contribution is 0.0904. The minimum Gasteiger partial charge on any atom is -0.459 e. The minimum atomic E-state index is -0.413. The second-order valence-electron chi connectivity index (χ2n) is 4.99. The van der Waals surface area contributed by atoms with Gasteiger partial charge in [0.2, 0.25) is 11.7 Å². The van der Waals surface area contributed by atoms with Crippen LogP contribution >= 0.6 is 0 Å². The molecule has 3 rings (SSSR count). The molecule has 2 heterocycles. The fraction of sp³-hybridized carbons (Fsp3) is 0.188. The monoisotopic (exact) mass is 297 g/mol. The van der Waals surface area contributed by atoms with Gasteiger partial charge in [-0.05, 0) is 26.0 Å². The molecule has 0 saturated heterocycles. The molecule has 0 aliphatic heterocycles. The normalized spacial score (nSPS) is 12.1. The third-order valence-electron chi connectivity index (χ3n) is 3.21. The number of carbonyl (C=O) groups excluding carboxylic acids is 1. The van der Waals surface area contributed by atoms with Crippen LogP contribution in [0.4, 0.5) is 0 Å². The highest BCUT2D eigenvalue weighted by Gasteiger charge is 2.19. The van der Waals surface area contributed by atoms with Crippen LogP contribution in [0.25, 0.3) is 11.4 Å². The zero-order valence-corrected chi connectivity index (χ0v) is 12.2. The van der Waals surface area contributed by atoms with Gasteiger partial charge in [0, 0.05) is 5.56 Å². The van der Waals surface area contributed by atoms with E-state index in [1.54, 1.807) is 19.1 Å². The lowest BCUT2D eigenvalue weighted by Crippen LogP contribution is -2.26. The molecule has 0 fully saturated rings. The zero-order valence-electron chi connectivity index (χ0n) is 12.2. The van der Waals surface area contributed by atoms with Gasteiger partial charge in [-0.1, -0.05) is 35.0 Å². The molecule has 112 valence electrons. The first-order chi connectivity index (χ1) is 10.6. The Morgan fingerprint density at radius 2 is 2.00 bits per heavy atom. The van der Waals surface area contributed by atoms with Gasteiger partial charge >= 0.3 is 0 Å². The van der Waals surface area contributed by atoms with Crippen molar-refractivity contribution in [3.63, 3.8) is 0 Å². The molecule has 0 bridgehead atoms. The smallest absolute Gasteiger partial charge is 0.287 e. The van der Waals surface area contributed by atoms with E-state index < -0.39 is 6.04 Å². The number of furan rings is 1. The highest BCUT2D eigenvalue weighted by Crippen LogP contribution is 2.19. The Bertz CT molecular complexity index is 760. The van der Waals surface area contributed by atoms with Crippen molar-refractivity contribution < 1.29 is 13.7 Å². The van der Waals surface area contributed by atoms with Crippen LogP contribution in [0.3, 0.4) is 0 Å². The molecule has 0 saturated carbocycles. The van der Waals surface area contributed by atoms with E-state index in [2.05, 4.69) is 15.5 Å². The van der Waals surface area contributed by atoms with E-state index in [-0.39, 0.29) is 11.7 Å². The van der Waals surface area contributed by atoms with Crippen molar-refractivity contribution in [2.75, 3.05) is 0 Å². The molecule has 1 unspecified atom stereocenters. The van der Waals surface area contributed by atoms with E-state index in [0.29, 0.717) is 11.7 Å². The first kappa shape index (κ1) is 14.1. The van der Waals surface area contributed by atoms with Crippen LogP contribution in [0.2, 0.25) is 0 Å². The summed E-state index contributed by atoms with van der Waals surface area (Å²) in [5, 5.41) is 6.69. The molecule has 6 heteroatoms. The summed E-state index contributed by atoms with van der Waals surface area (Å²) in [7, 11) is 0. The quantitative estimate of drug-likeness (QED) is 0.800. The number of benzene rings is 1. The van der Waals surface area contributed by atoms with Crippen LogP contribution in [0, 0.1) is 6.92 Å². The van der Waals surface area contributed by atoms with Crippen molar-refractivity contribution in [3.8, 4) is 11.4 Å². The van der Waals surface area contributed by atoms with Gasteiger partial charge in [-0.3, -0.25) is 4.79 Å². The fourth-order valence-electron chi connectivity index (χ4n) is 1.97. The molecule has 22 heavy (non-hydrogen) atoms.